The van der Waals surface area contributed by atoms with Gasteiger partial charge in [-0.15, -0.1) is 0 Å². The second-order valence-corrected chi connectivity index (χ2v) is 5.25. The summed E-state index contributed by atoms with van der Waals surface area (Å²) in [5.74, 6) is 0. The average Bonchev–Trinajstić information content (AvgIpc) is 2.47. The van der Waals surface area contributed by atoms with Gasteiger partial charge in [0.1, 0.15) is 6.23 Å². The van der Waals surface area contributed by atoms with Gasteiger partial charge in [-0.2, -0.15) is 0 Å². The van der Waals surface area contributed by atoms with E-state index >= 15 is 0 Å². The van der Waals surface area contributed by atoms with Crippen molar-refractivity contribution >= 4 is 28.9 Å². The minimum Gasteiger partial charge on any atom is -0.378 e. The number of rotatable bonds is 4. The monoisotopic (exact) mass is 342 g/mol. The normalized spacial score (nSPS) is 11.3. The van der Waals surface area contributed by atoms with Crippen LogP contribution in [-0.2, 0) is 6.42 Å². The maximum absolute atomic E-state index is 10.4. The van der Waals surface area contributed by atoms with Crippen LogP contribution in [0.1, 0.15) is 5.56 Å². The van der Waals surface area contributed by atoms with E-state index in [1.54, 1.807) is 37.4 Å². The van der Waals surface area contributed by atoms with E-state index in [4.69, 9.17) is 23.2 Å². The molecular formula is C15H16Cl2N2O3. The number of aliphatic hydroxyl groups excluding tert-OH is 1. The lowest BCUT2D eigenvalue weighted by Gasteiger charge is -2.08. The quantitative estimate of drug-likeness (QED) is 0.505. The van der Waals surface area contributed by atoms with E-state index in [2.05, 4.69) is 5.32 Å². The topological polar surface area (TPSA) is 75.4 Å². The highest BCUT2D eigenvalue weighted by atomic mass is 35.5. The number of aliphatic hydroxyl groups is 1. The second kappa shape index (κ2) is 9.38. The number of nitro groups is 1. The molecule has 0 aromatic heterocycles. The summed E-state index contributed by atoms with van der Waals surface area (Å²) >= 11 is 11.1. The van der Waals surface area contributed by atoms with Crippen molar-refractivity contribution < 1.29 is 10.0 Å². The van der Waals surface area contributed by atoms with E-state index < -0.39 is 11.2 Å². The Morgan fingerprint density at radius 1 is 1.18 bits per heavy atom. The van der Waals surface area contributed by atoms with Gasteiger partial charge < -0.3 is 5.11 Å². The van der Waals surface area contributed by atoms with Crippen LogP contribution in [0.3, 0.4) is 0 Å². The van der Waals surface area contributed by atoms with Crippen LogP contribution in [0.25, 0.3) is 0 Å². The molecule has 0 spiro atoms. The number of hydrogen-bond donors (Lipinski definition) is 2. The summed E-state index contributed by atoms with van der Waals surface area (Å²) in [6.07, 6.45) is -0.310. The molecule has 0 aliphatic carbocycles. The molecule has 2 N–H and O–H groups in total. The largest absolute Gasteiger partial charge is 0.378 e. The van der Waals surface area contributed by atoms with Crippen molar-refractivity contribution in [2.24, 2.45) is 0 Å². The van der Waals surface area contributed by atoms with E-state index in [9.17, 15) is 15.2 Å². The van der Waals surface area contributed by atoms with Gasteiger partial charge in [0.25, 0.3) is 5.69 Å². The number of non-ortho nitro benzene ring substituents is 1. The van der Waals surface area contributed by atoms with Gasteiger partial charge >= 0.3 is 0 Å². The van der Waals surface area contributed by atoms with Crippen molar-refractivity contribution in [1.82, 2.24) is 5.32 Å². The van der Waals surface area contributed by atoms with Crippen molar-refractivity contribution in [2.45, 2.75) is 12.6 Å². The molecule has 2 aromatic carbocycles. The Morgan fingerprint density at radius 3 is 2.23 bits per heavy atom. The minimum atomic E-state index is -0.669. The van der Waals surface area contributed by atoms with E-state index in [0.717, 1.165) is 5.56 Å². The van der Waals surface area contributed by atoms with E-state index in [1.807, 2.05) is 6.07 Å². The van der Waals surface area contributed by atoms with Crippen molar-refractivity contribution in [3.63, 3.8) is 0 Å². The van der Waals surface area contributed by atoms with Gasteiger partial charge in [0.15, 0.2) is 0 Å². The molecule has 0 aliphatic heterocycles. The molecular weight excluding hydrogens is 327 g/mol. The number of nitrogens with one attached hydrogen (secondary N) is 1. The summed E-state index contributed by atoms with van der Waals surface area (Å²) in [6.45, 7) is 0. The predicted molar refractivity (Wildman–Crippen MR) is 88.3 cm³/mol. The smallest absolute Gasteiger partial charge is 0.269 e. The van der Waals surface area contributed by atoms with Crippen LogP contribution < -0.4 is 5.32 Å². The lowest BCUT2D eigenvalue weighted by molar-refractivity contribution is -0.384. The Morgan fingerprint density at radius 2 is 1.77 bits per heavy atom. The highest BCUT2D eigenvalue weighted by Crippen LogP contribution is 2.14. The second-order valence-electron chi connectivity index (χ2n) is 4.38. The van der Waals surface area contributed by atoms with Gasteiger partial charge in [-0.3, -0.25) is 15.4 Å². The fourth-order valence-corrected chi connectivity index (χ4v) is 2.02. The Bertz CT molecular complexity index is 606. The van der Waals surface area contributed by atoms with E-state index in [1.165, 1.54) is 12.1 Å². The van der Waals surface area contributed by atoms with Gasteiger partial charge in [0.05, 0.1) is 4.92 Å². The van der Waals surface area contributed by atoms with Crippen LogP contribution in [-0.4, -0.2) is 23.3 Å². The molecule has 0 radical (unpaired) electrons. The molecule has 1 atom stereocenters. The SMILES string of the molecule is CNC(O)Cc1cccc([N+](=O)[O-])c1.Clc1cccc(Cl)c1. The first-order chi connectivity index (χ1) is 10.4. The molecule has 0 amide bonds. The fraction of sp³-hybridized carbons (Fsp3) is 0.200. The zero-order chi connectivity index (χ0) is 16.5. The summed E-state index contributed by atoms with van der Waals surface area (Å²) in [4.78, 5) is 9.99. The van der Waals surface area contributed by atoms with Gasteiger partial charge in [-0.05, 0) is 30.8 Å². The highest BCUT2D eigenvalue weighted by molar-refractivity contribution is 6.34. The van der Waals surface area contributed by atoms with Crippen LogP contribution in [0.4, 0.5) is 5.69 Å². The number of nitrogens with zero attached hydrogens (tertiary/aromatic N) is 1. The molecule has 0 fully saturated rings. The summed E-state index contributed by atoms with van der Waals surface area (Å²) < 4.78 is 0. The number of likely N-dealkylation sites (N-methyl/N-ethyl adjacent to an activating group) is 1. The third-order valence-corrected chi connectivity index (χ3v) is 3.14. The molecule has 118 valence electrons. The lowest BCUT2D eigenvalue weighted by atomic mass is 10.1. The average molecular weight is 343 g/mol. The van der Waals surface area contributed by atoms with Crippen LogP contribution in [0.15, 0.2) is 48.5 Å². The number of halogens is 2. The Hall–Kier alpha value is -1.66. The summed E-state index contributed by atoms with van der Waals surface area (Å²) in [5, 5.41) is 23.7. The van der Waals surface area contributed by atoms with Crippen molar-refractivity contribution in [2.75, 3.05) is 7.05 Å². The first kappa shape index (κ1) is 18.4. The first-order valence-corrected chi connectivity index (χ1v) is 7.17. The van der Waals surface area contributed by atoms with Gasteiger partial charge in [0, 0.05) is 28.6 Å². The van der Waals surface area contributed by atoms with E-state index in [-0.39, 0.29) is 5.69 Å². The third kappa shape index (κ3) is 6.87. The highest BCUT2D eigenvalue weighted by Gasteiger charge is 2.07. The molecule has 2 rings (SSSR count). The summed E-state index contributed by atoms with van der Waals surface area (Å²) in [6, 6.07) is 13.3. The molecule has 2 aromatic rings. The van der Waals surface area contributed by atoms with Gasteiger partial charge in [-0.25, -0.2) is 0 Å². The number of hydrogen-bond acceptors (Lipinski definition) is 4. The van der Waals surface area contributed by atoms with E-state index in [0.29, 0.717) is 16.5 Å². The Balaban J connectivity index is 0.000000255. The van der Waals surface area contributed by atoms with Crippen LogP contribution in [0.5, 0.6) is 0 Å². The number of nitro benzene ring substituents is 1. The lowest BCUT2D eigenvalue weighted by Crippen LogP contribution is -2.26. The fourth-order valence-electron chi connectivity index (χ4n) is 1.58. The first-order valence-electron chi connectivity index (χ1n) is 6.42. The zero-order valence-electron chi connectivity index (χ0n) is 11.9. The van der Waals surface area contributed by atoms with Crippen molar-refractivity contribution in [3.05, 3.63) is 74.3 Å². The van der Waals surface area contributed by atoms with Crippen LogP contribution in [0, 0.1) is 10.1 Å². The standard InChI is InChI=1S/C9H12N2O3.C6H4Cl2/c1-10-9(12)6-7-3-2-4-8(5-7)11(13)14;7-5-2-1-3-6(8)4-5/h2-5,9-10,12H,6H2,1H3;1-4H. The summed E-state index contributed by atoms with van der Waals surface area (Å²) in [5.41, 5.74) is 0.784. The molecule has 0 aliphatic rings. The zero-order valence-corrected chi connectivity index (χ0v) is 13.4. The van der Waals surface area contributed by atoms with Gasteiger partial charge in [0.2, 0.25) is 0 Å². The predicted octanol–water partition coefficient (Wildman–Crippen LogP) is 3.67. The van der Waals surface area contributed by atoms with Gasteiger partial charge in [-0.1, -0.05) is 41.4 Å². The molecule has 1 unspecified atom stereocenters. The van der Waals surface area contributed by atoms with Crippen molar-refractivity contribution in [1.29, 1.82) is 0 Å². The molecule has 0 bridgehead atoms. The van der Waals surface area contributed by atoms with Crippen LogP contribution >= 0.6 is 23.2 Å². The number of benzene rings is 2. The molecule has 7 heteroatoms. The maximum Gasteiger partial charge on any atom is 0.269 e. The molecule has 5 nitrogen and oxygen atoms in total. The van der Waals surface area contributed by atoms with Crippen molar-refractivity contribution in [3.8, 4) is 0 Å². The van der Waals surface area contributed by atoms with Crippen LogP contribution in [0.2, 0.25) is 10.0 Å². The summed E-state index contributed by atoms with van der Waals surface area (Å²) in [7, 11) is 1.63. The molecule has 0 saturated heterocycles. The third-order valence-electron chi connectivity index (χ3n) is 2.67. The molecule has 0 saturated carbocycles. The maximum atomic E-state index is 10.4. The Kier molecular flexibility index (Phi) is 7.84. The molecule has 22 heavy (non-hydrogen) atoms. The minimum absolute atomic E-state index is 0.0470. The molecule has 0 heterocycles. The Labute approximate surface area is 138 Å².